The highest BCUT2D eigenvalue weighted by Gasteiger charge is 2.48. The van der Waals surface area contributed by atoms with Crippen molar-refractivity contribution in [2.45, 2.75) is 122 Å². The van der Waals surface area contributed by atoms with Crippen molar-refractivity contribution in [1.82, 2.24) is 0 Å². The van der Waals surface area contributed by atoms with Crippen LogP contribution in [0.3, 0.4) is 0 Å². The van der Waals surface area contributed by atoms with E-state index in [-0.39, 0.29) is 0 Å². The highest BCUT2D eigenvalue weighted by Crippen LogP contribution is 2.59. The van der Waals surface area contributed by atoms with Crippen LogP contribution in [-0.2, 0) is 5.41 Å². The summed E-state index contributed by atoms with van der Waals surface area (Å²) in [5.74, 6) is 0.950. The van der Waals surface area contributed by atoms with Gasteiger partial charge in [0.15, 0.2) is 0 Å². The fraction of sp³-hybridized carbons (Fsp3) is 0.600. The van der Waals surface area contributed by atoms with Crippen LogP contribution in [0.15, 0.2) is 60.7 Å². The molecule has 3 saturated carbocycles. The summed E-state index contributed by atoms with van der Waals surface area (Å²) >= 11 is 0. The summed E-state index contributed by atoms with van der Waals surface area (Å²) in [7, 11) is 0. The summed E-state index contributed by atoms with van der Waals surface area (Å²) < 4.78 is 5.90. The highest BCUT2D eigenvalue weighted by molar-refractivity contribution is 5.64. The van der Waals surface area contributed by atoms with Crippen LogP contribution in [-0.4, -0.2) is 6.61 Å². The van der Waals surface area contributed by atoms with Crippen molar-refractivity contribution in [2.75, 3.05) is 6.61 Å². The molecule has 0 saturated heterocycles. The first-order valence-corrected chi connectivity index (χ1v) is 15.2. The van der Waals surface area contributed by atoms with Crippen molar-refractivity contribution in [3.05, 3.63) is 66.2 Å². The number of unbranched alkanes of at least 4 members (excludes halogenated alkanes) is 7. The minimum atomic E-state index is 0.449. The van der Waals surface area contributed by atoms with Gasteiger partial charge in [0.25, 0.3) is 0 Å². The first-order valence-electron chi connectivity index (χ1n) is 15.2. The molecule has 3 aliphatic rings. The third kappa shape index (κ3) is 7.05. The molecule has 0 N–H and O–H groups in total. The van der Waals surface area contributed by atoms with E-state index in [2.05, 4.69) is 74.5 Å². The van der Waals surface area contributed by atoms with Gasteiger partial charge in [0, 0.05) is 0 Å². The molecule has 2 bridgehead atoms. The summed E-state index contributed by atoms with van der Waals surface area (Å²) in [6.45, 7) is 5.22. The van der Waals surface area contributed by atoms with Gasteiger partial charge in [0.05, 0.1) is 0 Å². The van der Waals surface area contributed by atoms with Crippen LogP contribution in [0, 0.1) is 5.41 Å². The van der Waals surface area contributed by atoms with Gasteiger partial charge < -0.3 is 4.74 Å². The number of benzene rings is 2. The molecular formula is C35H50O. The van der Waals surface area contributed by atoms with Gasteiger partial charge >= 0.3 is 0 Å². The van der Waals surface area contributed by atoms with Gasteiger partial charge in [0.2, 0.25) is 0 Å². The normalized spacial score (nSPS) is 23.4. The van der Waals surface area contributed by atoms with E-state index in [4.69, 9.17) is 4.74 Å². The number of allylic oxidation sites excluding steroid dienone is 1. The van der Waals surface area contributed by atoms with Gasteiger partial charge in [-0.15, -0.1) is 0 Å². The molecule has 1 heteroatoms. The molecule has 2 aromatic carbocycles. The van der Waals surface area contributed by atoms with Gasteiger partial charge in [-0.05, 0) is 97.4 Å². The summed E-state index contributed by atoms with van der Waals surface area (Å²) in [6, 6.07) is 18.2. The van der Waals surface area contributed by atoms with Gasteiger partial charge in [-0.25, -0.2) is 0 Å². The Balaban J connectivity index is 1.26. The van der Waals surface area contributed by atoms with Crippen molar-refractivity contribution in [3.8, 4) is 16.9 Å². The Labute approximate surface area is 221 Å². The van der Waals surface area contributed by atoms with E-state index in [9.17, 15) is 0 Å². The van der Waals surface area contributed by atoms with Crippen LogP contribution in [0.1, 0.15) is 122 Å². The fourth-order valence-electron chi connectivity index (χ4n) is 6.78. The van der Waals surface area contributed by atoms with Gasteiger partial charge in [-0.3, -0.25) is 0 Å². The number of ether oxygens (including phenoxy) is 1. The second-order valence-corrected chi connectivity index (χ2v) is 11.8. The first-order chi connectivity index (χ1) is 17.7. The topological polar surface area (TPSA) is 9.23 Å². The first kappa shape index (κ1) is 27.0. The van der Waals surface area contributed by atoms with Gasteiger partial charge in [-0.1, -0.05) is 107 Å². The van der Waals surface area contributed by atoms with E-state index in [1.807, 2.05) is 0 Å². The van der Waals surface area contributed by atoms with Crippen LogP contribution < -0.4 is 4.74 Å². The quantitative estimate of drug-likeness (QED) is 0.180. The largest absolute Gasteiger partial charge is 0.490 e. The number of fused-ring (bicyclic) bond motifs is 3. The second-order valence-electron chi connectivity index (χ2n) is 11.8. The maximum absolute atomic E-state index is 5.90. The molecule has 0 heterocycles. The molecule has 0 spiro atoms. The predicted molar refractivity (Wildman–Crippen MR) is 156 cm³/mol. The molecule has 3 fully saturated rings. The molecule has 0 atom stereocenters. The number of hydrogen-bond acceptors (Lipinski definition) is 1. The Kier molecular flexibility index (Phi) is 10.1. The molecule has 196 valence electrons. The van der Waals surface area contributed by atoms with Crippen LogP contribution >= 0.6 is 0 Å². The zero-order valence-corrected chi connectivity index (χ0v) is 23.2. The lowest BCUT2D eigenvalue weighted by Crippen LogP contribution is -2.44. The lowest BCUT2D eigenvalue weighted by molar-refractivity contribution is 0.0304. The van der Waals surface area contributed by atoms with E-state index >= 15 is 0 Å². The predicted octanol–water partition coefficient (Wildman–Crippen LogP) is 10.8. The van der Waals surface area contributed by atoms with Crippen LogP contribution in [0.25, 0.3) is 11.1 Å². The minimum absolute atomic E-state index is 0.449. The summed E-state index contributed by atoms with van der Waals surface area (Å²) in [4.78, 5) is 0. The Bertz CT molecular complexity index is 896. The summed E-state index contributed by atoms with van der Waals surface area (Å²) in [5.41, 5.74) is 5.31. The molecule has 0 amide bonds. The molecule has 0 aliphatic heterocycles. The molecule has 5 rings (SSSR count). The summed E-state index contributed by atoms with van der Waals surface area (Å²) in [6.07, 6.45) is 26.6. The SMILES string of the molecule is CCCCCC=CCOc1ccc(-c2ccc(C34CCC(CCCCCCC)(CC3)CC4)cc2)cc1. The smallest absolute Gasteiger partial charge is 0.119 e. The fourth-order valence-corrected chi connectivity index (χ4v) is 6.78. The van der Waals surface area contributed by atoms with E-state index in [0.717, 1.165) is 12.2 Å². The van der Waals surface area contributed by atoms with Crippen molar-refractivity contribution >= 4 is 0 Å². The number of hydrogen-bond donors (Lipinski definition) is 0. The monoisotopic (exact) mass is 486 g/mol. The Morgan fingerprint density at radius 1 is 0.639 bits per heavy atom. The maximum Gasteiger partial charge on any atom is 0.119 e. The van der Waals surface area contributed by atoms with Crippen molar-refractivity contribution in [1.29, 1.82) is 0 Å². The Morgan fingerprint density at radius 2 is 1.22 bits per heavy atom. The van der Waals surface area contributed by atoms with E-state index in [0.29, 0.717) is 17.4 Å². The standard InChI is InChI=1S/C35H50O/c1-3-5-7-9-11-13-29-36-33-20-16-31(17-21-33)30-14-18-32(19-15-30)35-26-23-34(24-27-35,25-28-35)22-12-10-8-6-4-2/h11,13-21H,3-10,12,22-29H2,1-2H3. The lowest BCUT2D eigenvalue weighted by Gasteiger charge is -2.54. The molecule has 0 radical (unpaired) electrons. The van der Waals surface area contributed by atoms with E-state index in [1.54, 1.807) is 5.56 Å². The van der Waals surface area contributed by atoms with E-state index < -0.39 is 0 Å². The van der Waals surface area contributed by atoms with Crippen molar-refractivity contribution in [2.24, 2.45) is 5.41 Å². The van der Waals surface area contributed by atoms with Gasteiger partial charge in [-0.2, -0.15) is 0 Å². The molecule has 0 unspecified atom stereocenters. The summed E-state index contributed by atoms with van der Waals surface area (Å²) in [5, 5.41) is 0. The highest BCUT2D eigenvalue weighted by atomic mass is 16.5. The van der Waals surface area contributed by atoms with Crippen LogP contribution in [0.4, 0.5) is 0 Å². The zero-order chi connectivity index (χ0) is 25.1. The molecular weight excluding hydrogens is 436 g/mol. The molecule has 1 nitrogen and oxygen atoms in total. The van der Waals surface area contributed by atoms with E-state index in [1.165, 1.54) is 107 Å². The maximum atomic E-state index is 5.90. The van der Waals surface area contributed by atoms with Crippen molar-refractivity contribution in [3.63, 3.8) is 0 Å². The van der Waals surface area contributed by atoms with Crippen molar-refractivity contribution < 1.29 is 4.74 Å². The molecule has 0 aromatic heterocycles. The molecule has 3 aliphatic carbocycles. The van der Waals surface area contributed by atoms with Gasteiger partial charge in [0.1, 0.15) is 12.4 Å². The third-order valence-electron chi connectivity index (χ3n) is 9.38. The minimum Gasteiger partial charge on any atom is -0.490 e. The third-order valence-corrected chi connectivity index (χ3v) is 9.38. The Morgan fingerprint density at radius 3 is 1.86 bits per heavy atom. The molecule has 36 heavy (non-hydrogen) atoms. The molecule has 2 aromatic rings. The second kappa shape index (κ2) is 13.5. The Hall–Kier alpha value is -2.02. The zero-order valence-electron chi connectivity index (χ0n) is 23.2. The van der Waals surface area contributed by atoms with Crippen LogP contribution in [0.5, 0.6) is 5.75 Å². The average Bonchev–Trinajstić information content (AvgIpc) is 2.94. The average molecular weight is 487 g/mol. The number of rotatable bonds is 15. The van der Waals surface area contributed by atoms with Crippen LogP contribution in [0.2, 0.25) is 0 Å². The lowest BCUT2D eigenvalue weighted by atomic mass is 9.51.